The molecule has 5 aliphatic heterocycles. The zero-order valence-corrected chi connectivity index (χ0v) is 22.0. The second-order valence-electron chi connectivity index (χ2n) is 12.5. The quantitative estimate of drug-likeness (QED) is 0.586. The van der Waals surface area contributed by atoms with Gasteiger partial charge in [-0.1, -0.05) is 19.3 Å². The topological polar surface area (TPSA) is 67.4 Å². The maximum atomic E-state index is 13.4. The number of likely N-dealkylation sites (tertiary alicyclic amines) is 2. The van der Waals surface area contributed by atoms with Crippen LogP contribution in [0.3, 0.4) is 0 Å². The van der Waals surface area contributed by atoms with Crippen LogP contribution in [0.5, 0.6) is 0 Å². The molecule has 36 heavy (non-hydrogen) atoms. The molecule has 8 heteroatoms. The van der Waals surface area contributed by atoms with E-state index in [4.69, 9.17) is 0 Å². The molecule has 4 amide bonds. The van der Waals surface area contributed by atoms with Crippen LogP contribution in [0, 0.1) is 17.8 Å². The van der Waals surface area contributed by atoms with Crippen LogP contribution in [0.1, 0.15) is 70.6 Å². The zero-order chi connectivity index (χ0) is 24.6. The van der Waals surface area contributed by atoms with Crippen molar-refractivity contribution in [3.63, 3.8) is 0 Å². The van der Waals surface area contributed by atoms with Crippen molar-refractivity contribution in [2.45, 2.75) is 82.7 Å². The van der Waals surface area contributed by atoms with E-state index >= 15 is 0 Å². The summed E-state index contributed by atoms with van der Waals surface area (Å²) in [5.74, 6) is 1.55. The third-order valence-electron chi connectivity index (χ3n) is 10.3. The van der Waals surface area contributed by atoms with Crippen LogP contribution < -0.4 is 0 Å². The fraction of sp³-hybridized carbons (Fsp3) is 0.893. The van der Waals surface area contributed by atoms with Gasteiger partial charge in [0.25, 0.3) is 0 Å². The number of piperidine rings is 4. The van der Waals surface area contributed by atoms with Crippen molar-refractivity contribution in [2.24, 2.45) is 17.8 Å². The summed E-state index contributed by atoms with van der Waals surface area (Å²) < 4.78 is 0. The number of hydrogen-bond acceptors (Lipinski definition) is 4. The van der Waals surface area contributed by atoms with E-state index in [1.165, 1.54) is 32.1 Å². The van der Waals surface area contributed by atoms with Gasteiger partial charge in [0.2, 0.25) is 11.8 Å². The molecular formula is C28H45N5O3. The maximum absolute atomic E-state index is 13.4. The summed E-state index contributed by atoms with van der Waals surface area (Å²) in [4.78, 5) is 50.1. The van der Waals surface area contributed by atoms with Crippen LogP contribution in [0.25, 0.3) is 0 Å². The van der Waals surface area contributed by atoms with Gasteiger partial charge in [0.05, 0.1) is 0 Å². The molecule has 5 heterocycles. The van der Waals surface area contributed by atoms with E-state index < -0.39 is 0 Å². The second-order valence-corrected chi connectivity index (χ2v) is 12.5. The van der Waals surface area contributed by atoms with Gasteiger partial charge in [-0.2, -0.15) is 0 Å². The molecular weight excluding hydrogens is 454 g/mol. The Kier molecular flexibility index (Phi) is 7.15. The highest BCUT2D eigenvalue weighted by molar-refractivity contribution is 5.80. The Morgan fingerprint density at radius 3 is 2.19 bits per heavy atom. The summed E-state index contributed by atoms with van der Waals surface area (Å²) in [6.45, 7) is 7.55. The van der Waals surface area contributed by atoms with E-state index in [1.807, 2.05) is 4.90 Å². The van der Waals surface area contributed by atoms with E-state index in [1.54, 1.807) is 0 Å². The lowest BCUT2D eigenvalue weighted by Gasteiger charge is -2.53. The van der Waals surface area contributed by atoms with E-state index in [0.717, 1.165) is 84.0 Å². The number of rotatable bonds is 2. The van der Waals surface area contributed by atoms with E-state index in [-0.39, 0.29) is 11.9 Å². The van der Waals surface area contributed by atoms with E-state index in [2.05, 4.69) is 19.6 Å². The minimum atomic E-state index is 0.0674. The first-order valence-corrected chi connectivity index (χ1v) is 14.9. The highest BCUT2D eigenvalue weighted by Crippen LogP contribution is 2.38. The normalized spacial score (nSPS) is 33.0. The Balaban J connectivity index is 0.973. The Morgan fingerprint density at radius 1 is 0.694 bits per heavy atom. The number of piperazine rings is 1. The predicted molar refractivity (Wildman–Crippen MR) is 137 cm³/mol. The number of carbonyl (C=O) groups excluding carboxylic acids is 3. The largest absolute Gasteiger partial charge is 0.340 e. The molecule has 0 aromatic carbocycles. The van der Waals surface area contributed by atoms with Crippen LogP contribution in [-0.4, -0.2) is 113 Å². The SMILES string of the molecule is O=C(C1CCN(C(=O)N2C[C@@H]3C[C@H](C2)[C@H]2CCCC(=O)N2C3)CC1)N1CCN(C2CCCCC2)CC1. The average molecular weight is 500 g/mol. The summed E-state index contributed by atoms with van der Waals surface area (Å²) in [7, 11) is 0. The average Bonchev–Trinajstić information content (AvgIpc) is 2.93. The monoisotopic (exact) mass is 499 g/mol. The highest BCUT2D eigenvalue weighted by Gasteiger charge is 2.45. The lowest BCUT2D eigenvalue weighted by Crippen LogP contribution is -2.62. The van der Waals surface area contributed by atoms with Gasteiger partial charge in [0.1, 0.15) is 0 Å². The Labute approximate surface area is 216 Å². The van der Waals surface area contributed by atoms with Crippen molar-refractivity contribution in [1.29, 1.82) is 0 Å². The van der Waals surface area contributed by atoms with Gasteiger partial charge in [-0.05, 0) is 56.8 Å². The first-order valence-electron chi connectivity index (χ1n) is 14.9. The van der Waals surface area contributed by atoms with Crippen LogP contribution in [0.2, 0.25) is 0 Å². The standard InChI is InChI=1S/C28H45N5O3/c34-26-8-4-7-25-23-17-21(19-33(25)26)18-32(20-23)28(36)31-11-9-22(10-12-31)27(35)30-15-13-29(14-16-30)24-5-2-1-3-6-24/h21-25H,1-20H2/t21-,23+,25+/m0/s1. The maximum Gasteiger partial charge on any atom is 0.320 e. The summed E-state index contributed by atoms with van der Waals surface area (Å²) in [6, 6.07) is 1.23. The van der Waals surface area contributed by atoms with Crippen LogP contribution >= 0.6 is 0 Å². The number of fused-ring (bicyclic) bond motifs is 4. The lowest BCUT2D eigenvalue weighted by atomic mass is 9.76. The molecule has 1 aliphatic carbocycles. The van der Waals surface area contributed by atoms with Gasteiger partial charge in [-0.15, -0.1) is 0 Å². The second kappa shape index (κ2) is 10.5. The van der Waals surface area contributed by atoms with Crippen molar-refractivity contribution >= 4 is 17.8 Å². The molecule has 8 nitrogen and oxygen atoms in total. The van der Waals surface area contributed by atoms with Crippen LogP contribution in [0.4, 0.5) is 4.79 Å². The van der Waals surface area contributed by atoms with Crippen molar-refractivity contribution < 1.29 is 14.4 Å². The van der Waals surface area contributed by atoms with Crippen molar-refractivity contribution in [1.82, 2.24) is 24.5 Å². The van der Waals surface area contributed by atoms with Gasteiger partial charge in [0.15, 0.2) is 0 Å². The molecule has 0 aromatic rings. The number of urea groups is 1. The van der Waals surface area contributed by atoms with Gasteiger partial charge in [-0.3, -0.25) is 14.5 Å². The number of carbonyl (C=O) groups is 3. The Hall–Kier alpha value is -1.83. The molecule has 0 radical (unpaired) electrons. The minimum absolute atomic E-state index is 0.0674. The molecule has 5 saturated heterocycles. The molecule has 2 bridgehead atoms. The molecule has 6 rings (SSSR count). The van der Waals surface area contributed by atoms with Gasteiger partial charge in [0, 0.05) is 83.3 Å². The molecule has 0 spiro atoms. The number of hydrogen-bond donors (Lipinski definition) is 0. The van der Waals surface area contributed by atoms with E-state index in [0.29, 0.717) is 49.2 Å². The molecule has 1 saturated carbocycles. The third kappa shape index (κ3) is 4.86. The van der Waals surface area contributed by atoms with Crippen LogP contribution in [-0.2, 0) is 9.59 Å². The van der Waals surface area contributed by atoms with Crippen molar-refractivity contribution in [3.05, 3.63) is 0 Å². The summed E-state index contributed by atoms with van der Waals surface area (Å²) in [5.41, 5.74) is 0. The first kappa shape index (κ1) is 24.5. The molecule has 200 valence electrons. The molecule has 0 unspecified atom stereocenters. The molecule has 6 aliphatic rings. The van der Waals surface area contributed by atoms with Crippen LogP contribution in [0.15, 0.2) is 0 Å². The fourth-order valence-corrected chi connectivity index (χ4v) is 8.30. The molecule has 6 fully saturated rings. The zero-order valence-electron chi connectivity index (χ0n) is 22.0. The van der Waals surface area contributed by atoms with Gasteiger partial charge >= 0.3 is 6.03 Å². The predicted octanol–water partition coefficient (Wildman–Crippen LogP) is 2.63. The number of nitrogens with zero attached hydrogens (tertiary/aromatic N) is 5. The molecule has 3 atom stereocenters. The summed E-state index contributed by atoms with van der Waals surface area (Å²) in [6.07, 6.45) is 12.3. The Bertz CT molecular complexity index is 829. The van der Waals surface area contributed by atoms with Gasteiger partial charge in [-0.25, -0.2) is 4.79 Å². The lowest BCUT2D eigenvalue weighted by molar-refractivity contribution is -0.144. The smallest absolute Gasteiger partial charge is 0.320 e. The number of amides is 4. The summed E-state index contributed by atoms with van der Waals surface area (Å²) >= 11 is 0. The van der Waals surface area contributed by atoms with Gasteiger partial charge < -0.3 is 19.6 Å². The van der Waals surface area contributed by atoms with Crippen molar-refractivity contribution in [3.8, 4) is 0 Å². The molecule has 0 aromatic heterocycles. The molecule has 0 N–H and O–H groups in total. The Morgan fingerprint density at radius 2 is 1.44 bits per heavy atom. The van der Waals surface area contributed by atoms with Crippen molar-refractivity contribution in [2.75, 3.05) is 58.9 Å². The minimum Gasteiger partial charge on any atom is -0.340 e. The fourth-order valence-electron chi connectivity index (χ4n) is 8.30. The third-order valence-corrected chi connectivity index (χ3v) is 10.3. The highest BCUT2D eigenvalue weighted by atomic mass is 16.2. The van der Waals surface area contributed by atoms with E-state index in [9.17, 15) is 14.4 Å². The summed E-state index contributed by atoms with van der Waals surface area (Å²) in [5, 5.41) is 0. The first-order chi connectivity index (χ1) is 17.6.